The Labute approximate surface area is 113 Å². The molecule has 2 rings (SSSR count). The van der Waals surface area contributed by atoms with Crippen molar-refractivity contribution in [2.45, 2.75) is 17.7 Å². The predicted molar refractivity (Wildman–Crippen MR) is 71.3 cm³/mol. The van der Waals surface area contributed by atoms with Gasteiger partial charge in [0.2, 0.25) is 0 Å². The maximum atomic E-state index is 12.7. The molecule has 1 aromatic carbocycles. The van der Waals surface area contributed by atoms with Gasteiger partial charge < -0.3 is 5.32 Å². The van der Waals surface area contributed by atoms with Crippen molar-refractivity contribution in [3.63, 3.8) is 0 Å². The van der Waals surface area contributed by atoms with Crippen LogP contribution in [0.15, 0.2) is 29.2 Å². The van der Waals surface area contributed by atoms with Gasteiger partial charge in [-0.15, -0.1) is 12.4 Å². The summed E-state index contributed by atoms with van der Waals surface area (Å²) in [7, 11) is -3.28. The molecule has 1 aliphatic heterocycles. The lowest BCUT2D eigenvalue weighted by Gasteiger charge is -2.22. The van der Waals surface area contributed by atoms with Gasteiger partial charge in [0, 0.05) is 0 Å². The summed E-state index contributed by atoms with van der Waals surface area (Å²) in [5, 5.41) is 3.19. The first kappa shape index (κ1) is 15.4. The highest BCUT2D eigenvalue weighted by Gasteiger charge is 2.22. The zero-order valence-electron chi connectivity index (χ0n) is 9.93. The Kier molecular flexibility index (Phi) is 5.56. The Hall–Kier alpha value is -0.650. The van der Waals surface area contributed by atoms with E-state index < -0.39 is 15.7 Å². The van der Waals surface area contributed by atoms with Crippen molar-refractivity contribution in [2.24, 2.45) is 5.92 Å². The van der Waals surface area contributed by atoms with Gasteiger partial charge in [0.25, 0.3) is 0 Å². The molecule has 1 fully saturated rings. The molecule has 0 spiro atoms. The third-order valence-electron chi connectivity index (χ3n) is 3.03. The van der Waals surface area contributed by atoms with Crippen LogP contribution in [0.2, 0.25) is 0 Å². The molecule has 3 nitrogen and oxygen atoms in total. The van der Waals surface area contributed by atoms with Crippen LogP contribution < -0.4 is 5.32 Å². The molecular weight excluding hydrogens is 277 g/mol. The van der Waals surface area contributed by atoms with E-state index in [2.05, 4.69) is 5.32 Å². The van der Waals surface area contributed by atoms with E-state index in [9.17, 15) is 12.8 Å². The van der Waals surface area contributed by atoms with Crippen molar-refractivity contribution in [1.82, 2.24) is 5.32 Å². The van der Waals surface area contributed by atoms with E-state index in [0.717, 1.165) is 25.9 Å². The fourth-order valence-corrected chi connectivity index (χ4v) is 3.76. The highest BCUT2D eigenvalue weighted by atomic mass is 35.5. The smallest absolute Gasteiger partial charge is 0.178 e. The third kappa shape index (κ3) is 3.93. The Morgan fingerprint density at radius 1 is 1.28 bits per heavy atom. The number of halogens is 2. The molecule has 1 heterocycles. The summed E-state index contributed by atoms with van der Waals surface area (Å²) in [4.78, 5) is 0.212. The summed E-state index contributed by atoms with van der Waals surface area (Å²) < 4.78 is 36.9. The number of rotatable bonds is 3. The van der Waals surface area contributed by atoms with Gasteiger partial charge in [-0.25, -0.2) is 12.8 Å². The molecule has 18 heavy (non-hydrogen) atoms. The van der Waals surface area contributed by atoms with Crippen molar-refractivity contribution >= 4 is 22.2 Å². The number of nitrogens with one attached hydrogen (secondary N) is 1. The van der Waals surface area contributed by atoms with Gasteiger partial charge in [-0.2, -0.15) is 0 Å². The summed E-state index contributed by atoms with van der Waals surface area (Å²) >= 11 is 0. The lowest BCUT2D eigenvalue weighted by molar-refractivity contribution is 0.404. The van der Waals surface area contributed by atoms with Crippen molar-refractivity contribution in [1.29, 1.82) is 0 Å². The number of hydrogen-bond acceptors (Lipinski definition) is 3. The molecule has 1 N–H and O–H groups in total. The first-order chi connectivity index (χ1) is 8.08. The monoisotopic (exact) mass is 293 g/mol. The molecule has 1 aromatic rings. The minimum atomic E-state index is -3.28. The maximum Gasteiger partial charge on any atom is 0.178 e. The van der Waals surface area contributed by atoms with Crippen LogP contribution in [0, 0.1) is 11.7 Å². The lowest BCUT2D eigenvalue weighted by atomic mass is 10.0. The zero-order chi connectivity index (χ0) is 12.3. The summed E-state index contributed by atoms with van der Waals surface area (Å²) in [5.41, 5.74) is 0. The Balaban J connectivity index is 0.00000162. The summed E-state index contributed by atoms with van der Waals surface area (Å²) in [6.45, 7) is 1.72. The molecule has 0 radical (unpaired) electrons. The van der Waals surface area contributed by atoms with E-state index in [4.69, 9.17) is 0 Å². The second-order valence-corrected chi connectivity index (χ2v) is 6.48. The van der Waals surface area contributed by atoms with Crippen molar-refractivity contribution in [3.8, 4) is 0 Å². The van der Waals surface area contributed by atoms with Crippen LogP contribution in [0.5, 0.6) is 0 Å². The molecule has 1 atom stereocenters. The Morgan fingerprint density at radius 3 is 2.50 bits per heavy atom. The Morgan fingerprint density at radius 2 is 1.94 bits per heavy atom. The first-order valence-corrected chi connectivity index (χ1v) is 7.42. The quantitative estimate of drug-likeness (QED) is 0.867. The van der Waals surface area contributed by atoms with Gasteiger partial charge in [-0.05, 0) is 56.1 Å². The summed E-state index contributed by atoms with van der Waals surface area (Å²) in [5.74, 6) is -0.104. The van der Waals surface area contributed by atoms with Crippen molar-refractivity contribution < 1.29 is 12.8 Å². The second-order valence-electron chi connectivity index (χ2n) is 4.45. The fourth-order valence-electron chi connectivity index (χ4n) is 2.11. The molecule has 0 aliphatic carbocycles. The molecule has 1 saturated heterocycles. The van der Waals surface area contributed by atoms with E-state index in [1.54, 1.807) is 0 Å². The topological polar surface area (TPSA) is 46.2 Å². The maximum absolute atomic E-state index is 12.7. The largest absolute Gasteiger partial charge is 0.316 e. The lowest BCUT2D eigenvalue weighted by Crippen LogP contribution is -2.33. The molecular formula is C12H17ClFNO2S. The van der Waals surface area contributed by atoms with Crippen LogP contribution in [0.4, 0.5) is 4.39 Å². The molecule has 1 aliphatic rings. The van der Waals surface area contributed by atoms with Crippen LogP contribution >= 0.6 is 12.4 Å². The minimum absolute atomic E-state index is 0. The molecule has 1 unspecified atom stereocenters. The van der Waals surface area contributed by atoms with Gasteiger partial charge in [0.1, 0.15) is 5.82 Å². The second kappa shape index (κ2) is 6.50. The average Bonchev–Trinajstić information content (AvgIpc) is 2.30. The van der Waals surface area contributed by atoms with Gasteiger partial charge >= 0.3 is 0 Å². The number of hydrogen-bond donors (Lipinski definition) is 1. The zero-order valence-corrected chi connectivity index (χ0v) is 11.6. The van der Waals surface area contributed by atoms with Crippen LogP contribution in [0.25, 0.3) is 0 Å². The number of piperidine rings is 1. The van der Waals surface area contributed by atoms with Crippen molar-refractivity contribution in [2.75, 3.05) is 18.8 Å². The van der Waals surface area contributed by atoms with Gasteiger partial charge in [0.15, 0.2) is 9.84 Å². The van der Waals surface area contributed by atoms with E-state index in [-0.39, 0.29) is 29.0 Å². The highest BCUT2D eigenvalue weighted by molar-refractivity contribution is 7.91. The molecule has 102 valence electrons. The summed E-state index contributed by atoms with van der Waals surface area (Å²) in [6.07, 6.45) is 1.96. The fraction of sp³-hybridized carbons (Fsp3) is 0.500. The van der Waals surface area contributed by atoms with E-state index >= 15 is 0 Å². The third-order valence-corrected chi connectivity index (χ3v) is 4.93. The van der Waals surface area contributed by atoms with Gasteiger partial charge in [-0.1, -0.05) is 0 Å². The minimum Gasteiger partial charge on any atom is -0.316 e. The standard InChI is InChI=1S/C12H16FNO2S.ClH/c13-11-3-5-12(6-4-11)17(15,16)9-10-2-1-7-14-8-10;/h3-6,10,14H,1-2,7-9H2;1H. The van der Waals surface area contributed by atoms with Crippen LogP contribution in [0.1, 0.15) is 12.8 Å². The predicted octanol–water partition coefficient (Wildman–Crippen LogP) is 2.02. The molecule has 6 heteroatoms. The average molecular weight is 294 g/mol. The Bertz CT molecular complexity index is 469. The van der Waals surface area contributed by atoms with Gasteiger partial charge in [0.05, 0.1) is 10.6 Å². The van der Waals surface area contributed by atoms with Crippen molar-refractivity contribution in [3.05, 3.63) is 30.1 Å². The van der Waals surface area contributed by atoms with Crippen LogP contribution in [-0.2, 0) is 9.84 Å². The molecule has 0 saturated carbocycles. The van der Waals surface area contributed by atoms with Gasteiger partial charge in [-0.3, -0.25) is 0 Å². The van der Waals surface area contributed by atoms with E-state index in [0.29, 0.717) is 0 Å². The highest BCUT2D eigenvalue weighted by Crippen LogP contribution is 2.18. The molecule has 0 amide bonds. The normalized spacial score (nSPS) is 20.2. The van der Waals surface area contributed by atoms with Crippen LogP contribution in [0.3, 0.4) is 0 Å². The molecule has 0 bridgehead atoms. The summed E-state index contributed by atoms with van der Waals surface area (Å²) in [6, 6.07) is 5.04. The number of benzene rings is 1. The van der Waals surface area contributed by atoms with Crippen LogP contribution in [-0.4, -0.2) is 27.3 Å². The first-order valence-electron chi connectivity index (χ1n) is 5.77. The molecule has 0 aromatic heterocycles. The van der Waals surface area contributed by atoms with E-state index in [1.165, 1.54) is 24.3 Å². The SMILES string of the molecule is Cl.O=S(=O)(CC1CCCNC1)c1ccc(F)cc1. The van der Waals surface area contributed by atoms with E-state index in [1.807, 2.05) is 0 Å². The number of sulfone groups is 1.